The Hall–Kier alpha value is -1.36. The molecule has 0 bridgehead atoms. The van der Waals surface area contributed by atoms with Gasteiger partial charge in [-0.25, -0.2) is 4.98 Å². The molecule has 0 spiro atoms. The normalized spacial score (nSPS) is 23.1. The number of nitrogens with zero attached hydrogens (tertiary/aromatic N) is 3. The molecule has 1 aromatic rings. The van der Waals surface area contributed by atoms with Gasteiger partial charge < -0.3 is 14.8 Å². The highest BCUT2D eigenvalue weighted by Crippen LogP contribution is 2.33. The minimum Gasteiger partial charge on any atom is -0.349 e. The van der Waals surface area contributed by atoms with E-state index in [1.54, 1.807) is 6.20 Å². The molecule has 0 aromatic carbocycles. The van der Waals surface area contributed by atoms with Gasteiger partial charge in [0.25, 0.3) is 5.56 Å². The lowest BCUT2D eigenvalue weighted by atomic mass is 9.99. The maximum atomic E-state index is 12.6. The molecule has 2 aliphatic rings. The SMILES string of the molecule is CNCCC1CCCCN1c1nccn(C2CC2)c1=O. The summed E-state index contributed by atoms with van der Waals surface area (Å²) < 4.78 is 1.88. The van der Waals surface area contributed by atoms with Gasteiger partial charge in [-0.15, -0.1) is 0 Å². The number of aromatic nitrogens is 2. The zero-order chi connectivity index (χ0) is 13.9. The molecule has 1 aliphatic heterocycles. The van der Waals surface area contributed by atoms with Crippen molar-refractivity contribution in [3.05, 3.63) is 22.7 Å². The second-order valence-corrected chi connectivity index (χ2v) is 5.93. The molecule has 3 rings (SSSR count). The van der Waals surface area contributed by atoms with E-state index < -0.39 is 0 Å². The summed E-state index contributed by atoms with van der Waals surface area (Å²) in [6, 6.07) is 0.872. The van der Waals surface area contributed by atoms with Gasteiger partial charge in [-0.3, -0.25) is 4.79 Å². The van der Waals surface area contributed by atoms with Crippen molar-refractivity contribution in [2.45, 2.75) is 50.6 Å². The summed E-state index contributed by atoms with van der Waals surface area (Å²) in [5, 5.41) is 3.21. The summed E-state index contributed by atoms with van der Waals surface area (Å²) in [5.74, 6) is 0.667. The van der Waals surface area contributed by atoms with Crippen LogP contribution in [0.15, 0.2) is 17.2 Å². The largest absolute Gasteiger partial charge is 0.349 e. The molecule has 5 nitrogen and oxygen atoms in total. The van der Waals surface area contributed by atoms with E-state index in [0.29, 0.717) is 17.9 Å². The lowest BCUT2D eigenvalue weighted by molar-refractivity contribution is 0.428. The van der Waals surface area contributed by atoms with Gasteiger partial charge in [0.1, 0.15) is 0 Å². The van der Waals surface area contributed by atoms with Gasteiger partial charge in [0, 0.05) is 31.0 Å². The third kappa shape index (κ3) is 2.73. The number of hydrogen-bond acceptors (Lipinski definition) is 4. The summed E-state index contributed by atoms with van der Waals surface area (Å²) in [4.78, 5) is 19.3. The highest BCUT2D eigenvalue weighted by atomic mass is 16.1. The van der Waals surface area contributed by atoms with E-state index in [1.165, 1.54) is 12.8 Å². The van der Waals surface area contributed by atoms with Gasteiger partial charge in [-0.05, 0) is 52.1 Å². The fraction of sp³-hybridized carbons (Fsp3) is 0.733. The summed E-state index contributed by atoms with van der Waals surface area (Å²) in [7, 11) is 1.98. The highest BCUT2D eigenvalue weighted by molar-refractivity contribution is 5.38. The Morgan fingerprint density at radius 3 is 2.95 bits per heavy atom. The van der Waals surface area contributed by atoms with E-state index in [1.807, 2.05) is 17.8 Å². The Morgan fingerprint density at radius 2 is 2.20 bits per heavy atom. The fourth-order valence-corrected chi connectivity index (χ4v) is 3.14. The van der Waals surface area contributed by atoms with Crippen molar-refractivity contribution in [2.75, 3.05) is 25.0 Å². The smallest absolute Gasteiger partial charge is 0.293 e. The Balaban J connectivity index is 1.85. The molecule has 0 radical (unpaired) electrons. The van der Waals surface area contributed by atoms with Gasteiger partial charge in [-0.2, -0.15) is 0 Å². The Kier molecular flexibility index (Phi) is 4.05. The second-order valence-electron chi connectivity index (χ2n) is 5.93. The molecule has 1 unspecified atom stereocenters. The number of nitrogens with one attached hydrogen (secondary N) is 1. The molecule has 1 saturated heterocycles. The minimum atomic E-state index is 0.103. The van der Waals surface area contributed by atoms with Crippen LogP contribution in [0.5, 0.6) is 0 Å². The predicted molar refractivity (Wildman–Crippen MR) is 80.3 cm³/mol. The Bertz CT molecular complexity index is 509. The van der Waals surface area contributed by atoms with Crippen LogP contribution in [0.1, 0.15) is 44.6 Å². The lowest BCUT2D eigenvalue weighted by Crippen LogP contribution is -2.44. The van der Waals surface area contributed by atoms with Crippen LogP contribution in [-0.2, 0) is 0 Å². The molecule has 2 heterocycles. The van der Waals surface area contributed by atoms with Crippen molar-refractivity contribution in [1.82, 2.24) is 14.9 Å². The van der Waals surface area contributed by atoms with E-state index in [2.05, 4.69) is 15.2 Å². The maximum Gasteiger partial charge on any atom is 0.293 e. The van der Waals surface area contributed by atoms with E-state index in [9.17, 15) is 4.79 Å². The monoisotopic (exact) mass is 276 g/mol. The van der Waals surface area contributed by atoms with Crippen LogP contribution in [-0.4, -0.2) is 35.7 Å². The zero-order valence-corrected chi connectivity index (χ0v) is 12.2. The van der Waals surface area contributed by atoms with Crippen molar-refractivity contribution < 1.29 is 0 Å². The number of anilines is 1. The first-order chi connectivity index (χ1) is 9.81. The van der Waals surface area contributed by atoms with E-state index in [-0.39, 0.29) is 5.56 Å². The van der Waals surface area contributed by atoms with Crippen LogP contribution in [0.2, 0.25) is 0 Å². The van der Waals surface area contributed by atoms with E-state index >= 15 is 0 Å². The summed E-state index contributed by atoms with van der Waals surface area (Å²) in [5.41, 5.74) is 0.103. The molecule has 1 N–H and O–H groups in total. The molecule has 20 heavy (non-hydrogen) atoms. The number of piperidine rings is 1. The molecule has 1 saturated carbocycles. The van der Waals surface area contributed by atoms with Crippen LogP contribution in [0.25, 0.3) is 0 Å². The molecule has 1 aliphatic carbocycles. The minimum absolute atomic E-state index is 0.103. The summed E-state index contributed by atoms with van der Waals surface area (Å²) in [6.07, 6.45) is 10.6. The molecule has 2 fully saturated rings. The molecule has 5 heteroatoms. The third-order valence-corrected chi connectivity index (χ3v) is 4.42. The van der Waals surface area contributed by atoms with Gasteiger partial charge in [0.15, 0.2) is 5.82 Å². The lowest BCUT2D eigenvalue weighted by Gasteiger charge is -2.36. The number of rotatable bonds is 5. The average molecular weight is 276 g/mol. The topological polar surface area (TPSA) is 50.2 Å². The molecule has 1 atom stereocenters. The van der Waals surface area contributed by atoms with Gasteiger partial charge in [-0.1, -0.05) is 0 Å². The third-order valence-electron chi connectivity index (χ3n) is 4.42. The standard InChI is InChI=1S/C15H24N4O/c1-16-8-7-12-4-2-3-10-18(12)14-15(20)19(11-9-17-14)13-5-6-13/h9,11-13,16H,2-8,10H2,1H3. The molecule has 1 aromatic heterocycles. The Labute approximate surface area is 120 Å². The van der Waals surface area contributed by atoms with Crippen molar-refractivity contribution >= 4 is 5.82 Å². The van der Waals surface area contributed by atoms with Gasteiger partial charge in [0.05, 0.1) is 0 Å². The van der Waals surface area contributed by atoms with Crippen LogP contribution >= 0.6 is 0 Å². The predicted octanol–water partition coefficient (Wildman–Crippen LogP) is 1.55. The molecule has 0 amide bonds. The zero-order valence-electron chi connectivity index (χ0n) is 12.2. The van der Waals surface area contributed by atoms with Crippen LogP contribution < -0.4 is 15.8 Å². The van der Waals surface area contributed by atoms with E-state index in [0.717, 1.165) is 38.8 Å². The quantitative estimate of drug-likeness (QED) is 0.886. The maximum absolute atomic E-state index is 12.6. The van der Waals surface area contributed by atoms with Crippen molar-refractivity contribution in [3.63, 3.8) is 0 Å². The first kappa shape index (κ1) is 13.6. The molecular weight excluding hydrogens is 252 g/mol. The van der Waals surface area contributed by atoms with Crippen molar-refractivity contribution in [2.24, 2.45) is 0 Å². The van der Waals surface area contributed by atoms with Crippen molar-refractivity contribution in [1.29, 1.82) is 0 Å². The van der Waals surface area contributed by atoms with Crippen LogP contribution in [0, 0.1) is 0 Å². The first-order valence-corrected chi connectivity index (χ1v) is 7.79. The Morgan fingerprint density at radius 1 is 1.35 bits per heavy atom. The summed E-state index contributed by atoms with van der Waals surface area (Å²) >= 11 is 0. The average Bonchev–Trinajstić information content (AvgIpc) is 3.30. The first-order valence-electron chi connectivity index (χ1n) is 7.79. The van der Waals surface area contributed by atoms with Gasteiger partial charge in [0.2, 0.25) is 0 Å². The summed E-state index contributed by atoms with van der Waals surface area (Å²) in [6.45, 7) is 1.95. The molecule has 110 valence electrons. The molecular formula is C15H24N4O. The fourth-order valence-electron chi connectivity index (χ4n) is 3.14. The highest BCUT2D eigenvalue weighted by Gasteiger charge is 2.29. The van der Waals surface area contributed by atoms with Crippen LogP contribution in [0.3, 0.4) is 0 Å². The van der Waals surface area contributed by atoms with Crippen molar-refractivity contribution in [3.8, 4) is 0 Å². The number of hydrogen-bond donors (Lipinski definition) is 1. The van der Waals surface area contributed by atoms with Crippen LogP contribution in [0.4, 0.5) is 5.82 Å². The van der Waals surface area contributed by atoms with E-state index in [4.69, 9.17) is 0 Å². The second kappa shape index (κ2) is 5.95. The van der Waals surface area contributed by atoms with Gasteiger partial charge >= 0.3 is 0 Å².